The average molecular weight is 313 g/mol. The van der Waals surface area contributed by atoms with Gasteiger partial charge in [-0.25, -0.2) is 0 Å². The molecule has 21 heavy (non-hydrogen) atoms. The summed E-state index contributed by atoms with van der Waals surface area (Å²) in [5.41, 5.74) is 2.20. The number of halogens is 1. The fourth-order valence-electron chi connectivity index (χ4n) is 2.43. The number of rotatable bonds is 3. The summed E-state index contributed by atoms with van der Waals surface area (Å²) >= 11 is 0. The van der Waals surface area contributed by atoms with Crippen molar-refractivity contribution in [3.05, 3.63) is 29.8 Å². The number of anilines is 1. The van der Waals surface area contributed by atoms with Crippen molar-refractivity contribution in [3.8, 4) is 0 Å². The highest BCUT2D eigenvalue weighted by atomic mass is 35.5. The summed E-state index contributed by atoms with van der Waals surface area (Å²) < 4.78 is 5.54. The third kappa shape index (κ3) is 4.19. The number of carbonyl (C=O) groups is 1. The Bertz CT molecular complexity index is 462. The number of carbonyl (C=O) groups excluding carboxylic acids is 1. The Labute approximate surface area is 133 Å². The number of hydrogen-bond acceptors (Lipinski definition) is 3. The molecule has 1 aliphatic heterocycles. The van der Waals surface area contributed by atoms with Crippen LogP contribution in [0, 0.1) is 0 Å². The van der Waals surface area contributed by atoms with Gasteiger partial charge in [-0.05, 0) is 30.5 Å². The lowest BCUT2D eigenvalue weighted by Gasteiger charge is -2.32. The molecule has 1 fully saturated rings. The minimum Gasteiger partial charge on any atom is -0.375 e. The highest BCUT2D eigenvalue weighted by molar-refractivity contribution is 5.97. The van der Waals surface area contributed by atoms with Gasteiger partial charge in [-0.2, -0.15) is 0 Å². The molecule has 0 spiro atoms. The average Bonchev–Trinajstić information content (AvgIpc) is 2.46. The van der Waals surface area contributed by atoms with Crippen LogP contribution in [-0.2, 0) is 9.53 Å². The Morgan fingerprint density at radius 1 is 1.33 bits per heavy atom. The van der Waals surface area contributed by atoms with Crippen LogP contribution in [0.2, 0.25) is 0 Å². The number of amides is 1. The van der Waals surface area contributed by atoms with Crippen LogP contribution in [0.25, 0.3) is 0 Å². The van der Waals surface area contributed by atoms with Crippen LogP contribution in [0.4, 0.5) is 5.69 Å². The molecule has 1 saturated heterocycles. The Morgan fingerprint density at radius 3 is 2.48 bits per heavy atom. The quantitative estimate of drug-likeness (QED) is 0.932. The van der Waals surface area contributed by atoms with Gasteiger partial charge in [0.2, 0.25) is 5.91 Å². The number of hydrogen-bond donors (Lipinski definition) is 1. The molecule has 0 unspecified atom stereocenters. The molecular weight excluding hydrogens is 288 g/mol. The zero-order chi connectivity index (χ0) is 14.7. The number of benzene rings is 1. The summed E-state index contributed by atoms with van der Waals surface area (Å²) in [6.07, 6.45) is -0.0892. The Hall–Kier alpha value is -1.10. The first-order valence-corrected chi connectivity index (χ1v) is 7.23. The van der Waals surface area contributed by atoms with Crippen molar-refractivity contribution < 1.29 is 9.53 Å². The van der Waals surface area contributed by atoms with Gasteiger partial charge in [-0.15, -0.1) is 12.4 Å². The smallest absolute Gasteiger partial charge is 0.246 e. The Balaban J connectivity index is 0.00000220. The second-order valence-electron chi connectivity index (χ2n) is 5.65. The molecule has 1 N–H and O–H groups in total. The molecule has 4 nitrogen and oxygen atoms in total. The van der Waals surface area contributed by atoms with Gasteiger partial charge in [0.05, 0.1) is 12.7 Å². The summed E-state index contributed by atoms with van der Waals surface area (Å²) in [6.45, 7) is 7.65. The summed E-state index contributed by atoms with van der Waals surface area (Å²) in [4.78, 5) is 14.2. The molecule has 1 heterocycles. The first-order chi connectivity index (χ1) is 9.50. The maximum Gasteiger partial charge on any atom is 0.246 e. The van der Waals surface area contributed by atoms with Crippen molar-refractivity contribution in [3.63, 3.8) is 0 Å². The van der Waals surface area contributed by atoms with E-state index in [9.17, 15) is 4.79 Å². The number of likely N-dealkylation sites (N-methyl/N-ethyl adjacent to an activating group) is 1. The molecule has 118 valence electrons. The molecule has 0 bridgehead atoms. The lowest BCUT2D eigenvalue weighted by Crippen LogP contribution is -2.55. The van der Waals surface area contributed by atoms with Crippen LogP contribution >= 0.6 is 12.4 Å². The lowest BCUT2D eigenvalue weighted by atomic mass is 10.0. The number of ether oxygens (including phenoxy) is 1. The van der Waals surface area contributed by atoms with Crippen molar-refractivity contribution in [2.75, 3.05) is 25.1 Å². The second kappa shape index (κ2) is 7.78. The molecule has 2 rings (SSSR count). The number of morpholine rings is 1. The van der Waals surface area contributed by atoms with Crippen molar-refractivity contribution in [2.24, 2.45) is 0 Å². The summed E-state index contributed by atoms with van der Waals surface area (Å²) in [5, 5.41) is 3.23. The second-order valence-corrected chi connectivity index (χ2v) is 5.65. The maximum absolute atomic E-state index is 12.5. The topological polar surface area (TPSA) is 41.6 Å². The molecule has 5 heteroatoms. The fourth-order valence-corrected chi connectivity index (χ4v) is 2.43. The first kappa shape index (κ1) is 18.0. The lowest BCUT2D eigenvalue weighted by molar-refractivity contribution is -0.126. The van der Waals surface area contributed by atoms with Gasteiger partial charge >= 0.3 is 0 Å². The Kier molecular flexibility index (Phi) is 6.65. The standard InChI is InChI=1S/C16H24N2O2.ClH/c1-11(2)13-5-7-14(8-6-13)18(4)16(19)15-12(3)20-10-9-17-15;/h5-8,11-12,15,17H,9-10H2,1-4H3;1H/t12-,15+;/m1./s1. The third-order valence-electron chi connectivity index (χ3n) is 3.86. The van der Waals surface area contributed by atoms with E-state index in [0.29, 0.717) is 12.5 Å². The number of nitrogens with one attached hydrogen (secondary N) is 1. The molecular formula is C16H25ClN2O2. The minimum absolute atomic E-state index is 0. The highest BCUT2D eigenvalue weighted by Gasteiger charge is 2.30. The van der Waals surface area contributed by atoms with E-state index in [1.165, 1.54) is 5.56 Å². The molecule has 0 saturated carbocycles. The van der Waals surface area contributed by atoms with Gasteiger partial charge in [0.15, 0.2) is 0 Å². The molecule has 0 aromatic heterocycles. The zero-order valence-corrected chi connectivity index (χ0v) is 13.9. The van der Waals surface area contributed by atoms with Crippen molar-refractivity contribution in [1.82, 2.24) is 5.32 Å². The first-order valence-electron chi connectivity index (χ1n) is 7.23. The monoisotopic (exact) mass is 312 g/mol. The van der Waals surface area contributed by atoms with Gasteiger partial charge in [0, 0.05) is 19.3 Å². The fraction of sp³-hybridized carbons (Fsp3) is 0.562. The normalized spacial score (nSPS) is 21.8. The van der Waals surface area contributed by atoms with Crippen molar-refractivity contribution in [2.45, 2.75) is 38.8 Å². The largest absolute Gasteiger partial charge is 0.375 e. The predicted molar refractivity (Wildman–Crippen MR) is 88.4 cm³/mol. The number of nitrogens with zero attached hydrogens (tertiary/aromatic N) is 1. The van der Waals surface area contributed by atoms with E-state index in [2.05, 4.69) is 31.3 Å². The highest BCUT2D eigenvalue weighted by Crippen LogP contribution is 2.20. The van der Waals surface area contributed by atoms with Crippen LogP contribution in [0.5, 0.6) is 0 Å². The SMILES string of the molecule is CC(C)c1ccc(N(C)C(=O)[C@H]2NCCO[C@@H]2C)cc1.Cl. The summed E-state index contributed by atoms with van der Waals surface area (Å²) in [7, 11) is 1.82. The van der Waals surface area contributed by atoms with Crippen LogP contribution in [0.3, 0.4) is 0 Å². The van der Waals surface area contributed by atoms with E-state index >= 15 is 0 Å². The van der Waals surface area contributed by atoms with E-state index in [-0.39, 0.29) is 30.5 Å². The van der Waals surface area contributed by atoms with E-state index in [0.717, 1.165) is 12.2 Å². The van der Waals surface area contributed by atoms with Gasteiger partial charge < -0.3 is 15.0 Å². The molecule has 2 atom stereocenters. The summed E-state index contributed by atoms with van der Waals surface area (Å²) in [5.74, 6) is 0.549. The molecule has 1 aliphatic rings. The predicted octanol–water partition coefficient (Wildman–Crippen LogP) is 2.57. The van der Waals surface area contributed by atoms with Crippen molar-refractivity contribution in [1.29, 1.82) is 0 Å². The summed E-state index contributed by atoms with van der Waals surface area (Å²) in [6, 6.07) is 7.90. The molecule has 1 aromatic carbocycles. The van der Waals surface area contributed by atoms with Crippen LogP contribution < -0.4 is 10.2 Å². The van der Waals surface area contributed by atoms with Crippen LogP contribution in [-0.4, -0.2) is 38.3 Å². The van der Waals surface area contributed by atoms with Gasteiger partial charge in [0.1, 0.15) is 6.04 Å². The maximum atomic E-state index is 12.5. The van der Waals surface area contributed by atoms with Gasteiger partial charge in [-0.3, -0.25) is 4.79 Å². The molecule has 0 aliphatic carbocycles. The molecule has 1 aromatic rings. The van der Waals surface area contributed by atoms with Crippen LogP contribution in [0.15, 0.2) is 24.3 Å². The van der Waals surface area contributed by atoms with E-state index in [1.54, 1.807) is 4.90 Å². The van der Waals surface area contributed by atoms with E-state index < -0.39 is 0 Å². The van der Waals surface area contributed by atoms with Crippen LogP contribution in [0.1, 0.15) is 32.3 Å². The zero-order valence-electron chi connectivity index (χ0n) is 13.1. The molecule has 0 radical (unpaired) electrons. The van der Waals surface area contributed by atoms with Crippen molar-refractivity contribution >= 4 is 24.0 Å². The third-order valence-corrected chi connectivity index (χ3v) is 3.86. The Morgan fingerprint density at radius 2 is 1.95 bits per heavy atom. The van der Waals surface area contributed by atoms with Gasteiger partial charge in [0.25, 0.3) is 0 Å². The van der Waals surface area contributed by atoms with E-state index in [4.69, 9.17) is 4.74 Å². The van der Waals surface area contributed by atoms with E-state index in [1.807, 2.05) is 26.1 Å². The van der Waals surface area contributed by atoms with Gasteiger partial charge in [-0.1, -0.05) is 26.0 Å². The minimum atomic E-state index is -0.265. The molecule has 1 amide bonds.